The van der Waals surface area contributed by atoms with Gasteiger partial charge in [-0.15, -0.1) is 0 Å². The van der Waals surface area contributed by atoms with Crippen LogP contribution in [0.15, 0.2) is 22.7 Å². The Bertz CT molecular complexity index is 587. The van der Waals surface area contributed by atoms with Crippen molar-refractivity contribution >= 4 is 27.7 Å². The van der Waals surface area contributed by atoms with Crippen molar-refractivity contribution < 1.29 is 14.0 Å². The van der Waals surface area contributed by atoms with Gasteiger partial charge in [0.2, 0.25) is 5.91 Å². The van der Waals surface area contributed by atoms with Gasteiger partial charge in [-0.3, -0.25) is 14.5 Å². The van der Waals surface area contributed by atoms with Crippen LogP contribution in [0.5, 0.6) is 0 Å². The maximum Gasteiger partial charge on any atom is 0.256 e. The minimum absolute atomic E-state index is 0.0151. The predicted octanol–water partition coefficient (Wildman–Crippen LogP) is 1.87. The van der Waals surface area contributed by atoms with Crippen LogP contribution in [0.1, 0.15) is 24.2 Å². The fourth-order valence-electron chi connectivity index (χ4n) is 2.51. The highest BCUT2D eigenvalue weighted by Crippen LogP contribution is 2.17. The van der Waals surface area contributed by atoms with E-state index in [9.17, 15) is 14.0 Å². The number of carbonyl (C=O) groups excluding carboxylic acids is 2. The highest BCUT2D eigenvalue weighted by Gasteiger charge is 2.25. The molecule has 1 aromatic carbocycles. The molecule has 5 nitrogen and oxygen atoms in total. The van der Waals surface area contributed by atoms with E-state index in [0.29, 0.717) is 37.2 Å². The fraction of sp³-hybridized carbons (Fsp3) is 0.500. The van der Waals surface area contributed by atoms with Crippen LogP contribution in [-0.4, -0.2) is 60.4 Å². The van der Waals surface area contributed by atoms with Crippen LogP contribution >= 0.6 is 15.9 Å². The maximum absolute atomic E-state index is 13.9. The first-order valence-electron chi connectivity index (χ1n) is 7.63. The number of nitrogens with zero attached hydrogens (tertiary/aromatic N) is 2. The van der Waals surface area contributed by atoms with Crippen molar-refractivity contribution in [3.63, 3.8) is 0 Å². The Morgan fingerprint density at radius 1 is 1.26 bits per heavy atom. The molecule has 0 saturated carbocycles. The lowest BCUT2D eigenvalue weighted by atomic mass is 10.1. The lowest BCUT2D eigenvalue weighted by molar-refractivity contribution is -0.123. The quantitative estimate of drug-likeness (QED) is 0.860. The summed E-state index contributed by atoms with van der Waals surface area (Å²) in [6, 6.07) is 4.55. The molecule has 0 unspecified atom stereocenters. The van der Waals surface area contributed by atoms with Gasteiger partial charge in [0.1, 0.15) is 5.82 Å². The van der Waals surface area contributed by atoms with Gasteiger partial charge in [0.05, 0.1) is 12.1 Å². The molecule has 1 N–H and O–H groups in total. The van der Waals surface area contributed by atoms with Crippen molar-refractivity contribution in [2.45, 2.75) is 19.9 Å². The van der Waals surface area contributed by atoms with Crippen molar-refractivity contribution in [3.05, 3.63) is 34.1 Å². The van der Waals surface area contributed by atoms with Crippen molar-refractivity contribution in [1.29, 1.82) is 0 Å². The molecule has 1 saturated heterocycles. The number of nitrogens with one attached hydrogen (secondary N) is 1. The van der Waals surface area contributed by atoms with Gasteiger partial charge in [-0.25, -0.2) is 4.39 Å². The molecular weight excluding hydrogens is 365 g/mol. The largest absolute Gasteiger partial charge is 0.353 e. The van der Waals surface area contributed by atoms with E-state index in [1.54, 1.807) is 11.0 Å². The van der Waals surface area contributed by atoms with E-state index in [2.05, 4.69) is 21.2 Å². The van der Waals surface area contributed by atoms with Crippen LogP contribution in [0.3, 0.4) is 0 Å². The number of hydrogen-bond donors (Lipinski definition) is 1. The molecule has 0 radical (unpaired) electrons. The van der Waals surface area contributed by atoms with Gasteiger partial charge in [0.15, 0.2) is 0 Å². The molecule has 1 fully saturated rings. The summed E-state index contributed by atoms with van der Waals surface area (Å²) in [5.74, 6) is -0.844. The molecule has 23 heavy (non-hydrogen) atoms. The minimum Gasteiger partial charge on any atom is -0.353 e. The average molecular weight is 386 g/mol. The number of carbonyl (C=O) groups is 2. The third-order valence-corrected chi connectivity index (χ3v) is 4.13. The molecule has 1 aliphatic rings. The standard InChI is InChI=1S/C16H21BrFN3O2/c1-11(2)19-15(22)10-20-5-7-21(8-6-20)16(23)13-4-3-12(17)9-14(13)18/h3-4,9,11H,5-8,10H2,1-2H3,(H,19,22). The Hall–Kier alpha value is -1.47. The number of benzene rings is 1. The lowest BCUT2D eigenvalue weighted by Gasteiger charge is -2.34. The topological polar surface area (TPSA) is 52.7 Å². The Morgan fingerprint density at radius 2 is 1.91 bits per heavy atom. The maximum atomic E-state index is 13.9. The summed E-state index contributed by atoms with van der Waals surface area (Å²) in [5.41, 5.74) is 0.0826. The predicted molar refractivity (Wildman–Crippen MR) is 89.7 cm³/mol. The first kappa shape index (κ1) is 17.9. The molecule has 2 rings (SSSR count). The number of rotatable bonds is 4. The second-order valence-electron chi connectivity index (χ2n) is 5.91. The number of hydrogen-bond acceptors (Lipinski definition) is 3. The van der Waals surface area contributed by atoms with Crippen molar-refractivity contribution in [2.24, 2.45) is 0 Å². The Labute approximate surface area is 144 Å². The van der Waals surface area contributed by atoms with Crippen LogP contribution in [0.25, 0.3) is 0 Å². The van der Waals surface area contributed by atoms with Gasteiger partial charge < -0.3 is 10.2 Å². The molecule has 1 aliphatic heterocycles. The normalized spacial score (nSPS) is 15.8. The zero-order chi connectivity index (χ0) is 17.0. The molecule has 1 aromatic rings. The Kier molecular flexibility index (Phi) is 6.12. The molecule has 2 amide bonds. The van der Waals surface area contributed by atoms with Crippen LogP contribution in [0.4, 0.5) is 4.39 Å². The fourth-order valence-corrected chi connectivity index (χ4v) is 2.85. The van der Waals surface area contributed by atoms with E-state index < -0.39 is 5.82 Å². The van der Waals surface area contributed by atoms with Gasteiger partial charge in [-0.1, -0.05) is 15.9 Å². The average Bonchev–Trinajstić information content (AvgIpc) is 2.46. The van der Waals surface area contributed by atoms with Gasteiger partial charge >= 0.3 is 0 Å². The molecule has 0 atom stereocenters. The molecule has 7 heteroatoms. The lowest BCUT2D eigenvalue weighted by Crippen LogP contribution is -2.51. The summed E-state index contributed by atoms with van der Waals surface area (Å²) >= 11 is 3.18. The summed E-state index contributed by atoms with van der Waals surface area (Å²) in [6.45, 7) is 6.35. The van der Waals surface area contributed by atoms with Crippen LogP contribution in [-0.2, 0) is 4.79 Å². The second-order valence-corrected chi connectivity index (χ2v) is 6.83. The molecule has 0 bridgehead atoms. The van der Waals surface area contributed by atoms with Crippen molar-refractivity contribution in [1.82, 2.24) is 15.1 Å². The third kappa shape index (κ3) is 5.00. The van der Waals surface area contributed by atoms with Crippen LogP contribution < -0.4 is 5.32 Å². The van der Waals surface area contributed by atoms with E-state index in [1.165, 1.54) is 12.1 Å². The van der Waals surface area contributed by atoms with Gasteiger partial charge in [0, 0.05) is 36.7 Å². The number of amides is 2. The SMILES string of the molecule is CC(C)NC(=O)CN1CCN(C(=O)c2ccc(Br)cc2F)CC1. The van der Waals surface area contributed by atoms with Crippen molar-refractivity contribution in [2.75, 3.05) is 32.7 Å². The third-order valence-electron chi connectivity index (χ3n) is 3.64. The second kappa shape index (κ2) is 7.88. The van der Waals surface area contributed by atoms with E-state index in [-0.39, 0.29) is 23.4 Å². The summed E-state index contributed by atoms with van der Waals surface area (Å²) < 4.78 is 14.5. The van der Waals surface area contributed by atoms with E-state index in [4.69, 9.17) is 0 Å². The number of halogens is 2. The molecule has 0 aromatic heterocycles. The first-order chi connectivity index (χ1) is 10.9. The van der Waals surface area contributed by atoms with Gasteiger partial charge in [0.25, 0.3) is 5.91 Å². The van der Waals surface area contributed by atoms with Crippen molar-refractivity contribution in [3.8, 4) is 0 Å². The summed E-state index contributed by atoms with van der Waals surface area (Å²) in [5, 5.41) is 2.85. The highest BCUT2D eigenvalue weighted by atomic mass is 79.9. The monoisotopic (exact) mass is 385 g/mol. The summed E-state index contributed by atoms with van der Waals surface area (Å²) in [7, 11) is 0. The Morgan fingerprint density at radius 3 is 2.48 bits per heavy atom. The zero-order valence-corrected chi connectivity index (χ0v) is 14.9. The van der Waals surface area contributed by atoms with Crippen LogP contribution in [0.2, 0.25) is 0 Å². The summed E-state index contributed by atoms with van der Waals surface area (Å²) in [4.78, 5) is 27.8. The first-order valence-corrected chi connectivity index (χ1v) is 8.42. The molecule has 0 spiro atoms. The molecular formula is C16H21BrFN3O2. The van der Waals surface area contributed by atoms with Gasteiger partial charge in [-0.2, -0.15) is 0 Å². The van der Waals surface area contributed by atoms with Crippen LogP contribution in [0, 0.1) is 5.82 Å². The molecule has 0 aliphatic carbocycles. The number of piperazine rings is 1. The molecule has 126 valence electrons. The van der Waals surface area contributed by atoms with E-state index in [0.717, 1.165) is 0 Å². The van der Waals surface area contributed by atoms with Gasteiger partial charge in [-0.05, 0) is 32.0 Å². The smallest absolute Gasteiger partial charge is 0.256 e. The highest BCUT2D eigenvalue weighted by molar-refractivity contribution is 9.10. The zero-order valence-electron chi connectivity index (χ0n) is 13.3. The Balaban J connectivity index is 1.89. The minimum atomic E-state index is -0.525. The van der Waals surface area contributed by atoms with E-state index >= 15 is 0 Å². The van der Waals surface area contributed by atoms with E-state index in [1.807, 2.05) is 18.7 Å². The summed E-state index contributed by atoms with van der Waals surface area (Å²) in [6.07, 6.45) is 0. The molecule has 1 heterocycles.